The molecule has 0 saturated heterocycles. The molecular formula is C8H11NO4S2. The van der Waals surface area contributed by atoms with Gasteiger partial charge in [-0.05, 0) is 6.92 Å². The Morgan fingerprint density at radius 1 is 1.53 bits per heavy atom. The summed E-state index contributed by atoms with van der Waals surface area (Å²) in [6, 6.07) is 0. The van der Waals surface area contributed by atoms with E-state index in [9.17, 15) is 13.2 Å². The van der Waals surface area contributed by atoms with E-state index in [-0.39, 0.29) is 10.6 Å². The second-order valence-corrected chi connectivity index (χ2v) is 6.30. The minimum atomic E-state index is -3.25. The maximum absolute atomic E-state index is 11.3. The minimum Gasteiger partial charge on any atom is -0.469 e. The van der Waals surface area contributed by atoms with Crippen LogP contribution in [-0.4, -0.2) is 32.7 Å². The van der Waals surface area contributed by atoms with Crippen molar-refractivity contribution in [3.05, 3.63) is 10.7 Å². The van der Waals surface area contributed by atoms with E-state index >= 15 is 0 Å². The maximum Gasteiger partial charge on any atom is 0.312 e. The molecule has 1 aromatic rings. The zero-order valence-electron chi connectivity index (χ0n) is 8.60. The Balaban J connectivity index is 3.02. The Labute approximate surface area is 92.0 Å². The molecule has 0 aliphatic heterocycles. The minimum absolute atomic E-state index is 0.0114. The molecular weight excluding hydrogens is 238 g/mol. The summed E-state index contributed by atoms with van der Waals surface area (Å²) in [5.74, 6) is -0.427. The van der Waals surface area contributed by atoms with Crippen molar-refractivity contribution in [2.45, 2.75) is 17.6 Å². The van der Waals surface area contributed by atoms with Gasteiger partial charge in [-0.3, -0.25) is 4.79 Å². The van der Waals surface area contributed by atoms with Crippen LogP contribution in [0.2, 0.25) is 0 Å². The second-order valence-electron chi connectivity index (χ2n) is 3.01. The van der Waals surface area contributed by atoms with Crippen LogP contribution in [0.4, 0.5) is 0 Å². The Kier molecular flexibility index (Phi) is 3.46. The zero-order valence-corrected chi connectivity index (χ0v) is 10.2. The van der Waals surface area contributed by atoms with Gasteiger partial charge in [0, 0.05) is 6.26 Å². The molecule has 0 aliphatic carbocycles. The van der Waals surface area contributed by atoms with Gasteiger partial charge in [-0.2, -0.15) is 0 Å². The maximum atomic E-state index is 11.3. The molecule has 1 rings (SSSR count). The number of esters is 1. The number of hydrogen-bond donors (Lipinski definition) is 0. The molecule has 0 N–H and O–H groups in total. The highest BCUT2D eigenvalue weighted by atomic mass is 32.2. The van der Waals surface area contributed by atoms with E-state index in [1.165, 1.54) is 7.11 Å². The van der Waals surface area contributed by atoms with Crippen molar-refractivity contribution >= 4 is 27.1 Å². The van der Waals surface area contributed by atoms with E-state index in [1.54, 1.807) is 6.92 Å². The molecule has 0 bridgehead atoms. The van der Waals surface area contributed by atoms with E-state index in [1.807, 2.05) is 0 Å². The van der Waals surface area contributed by atoms with Gasteiger partial charge in [0.05, 0.1) is 19.2 Å². The van der Waals surface area contributed by atoms with Crippen LogP contribution >= 0.6 is 11.3 Å². The number of ether oxygens (including phenoxy) is 1. The standard InChI is InChI=1S/C8H11NO4S2/c1-5-8(15(3,11)12)14-6(9-5)4-7(10)13-2/h4H2,1-3H3. The third-order valence-electron chi connectivity index (χ3n) is 1.66. The number of rotatable bonds is 3. The van der Waals surface area contributed by atoms with Gasteiger partial charge in [0.2, 0.25) is 0 Å². The fraction of sp³-hybridized carbons (Fsp3) is 0.500. The van der Waals surface area contributed by atoms with E-state index in [2.05, 4.69) is 9.72 Å². The van der Waals surface area contributed by atoms with Crippen molar-refractivity contribution in [2.75, 3.05) is 13.4 Å². The Bertz CT molecular complexity index is 475. The third-order valence-corrected chi connectivity index (χ3v) is 4.74. The molecule has 0 unspecified atom stereocenters. The summed E-state index contributed by atoms with van der Waals surface area (Å²) in [6.07, 6.45) is 1.13. The first-order valence-corrected chi connectivity index (χ1v) is 6.78. The first kappa shape index (κ1) is 12.1. The average molecular weight is 249 g/mol. The number of sulfone groups is 1. The lowest BCUT2D eigenvalue weighted by molar-refractivity contribution is -0.139. The summed E-state index contributed by atoms with van der Waals surface area (Å²) in [7, 11) is -1.97. The van der Waals surface area contributed by atoms with Gasteiger partial charge in [0.1, 0.15) is 9.22 Å². The molecule has 0 saturated carbocycles. The van der Waals surface area contributed by atoms with Crippen LogP contribution in [0.5, 0.6) is 0 Å². The smallest absolute Gasteiger partial charge is 0.312 e. The summed E-state index contributed by atoms with van der Waals surface area (Å²) in [4.78, 5) is 14.9. The van der Waals surface area contributed by atoms with Crippen LogP contribution in [-0.2, 0) is 25.8 Å². The van der Waals surface area contributed by atoms with Gasteiger partial charge in [0.25, 0.3) is 0 Å². The fourth-order valence-corrected chi connectivity index (χ4v) is 3.31. The molecule has 15 heavy (non-hydrogen) atoms. The quantitative estimate of drug-likeness (QED) is 0.732. The van der Waals surface area contributed by atoms with E-state index in [0.717, 1.165) is 17.6 Å². The summed E-state index contributed by atoms with van der Waals surface area (Å²) in [6.45, 7) is 1.60. The van der Waals surface area contributed by atoms with Crippen molar-refractivity contribution in [3.8, 4) is 0 Å². The van der Waals surface area contributed by atoms with E-state index in [4.69, 9.17) is 0 Å². The highest BCUT2D eigenvalue weighted by Crippen LogP contribution is 2.23. The van der Waals surface area contributed by atoms with Gasteiger partial charge in [-0.1, -0.05) is 0 Å². The summed E-state index contributed by atoms with van der Waals surface area (Å²) in [5.41, 5.74) is 0.432. The molecule has 5 nitrogen and oxygen atoms in total. The molecule has 0 amide bonds. The van der Waals surface area contributed by atoms with Gasteiger partial charge < -0.3 is 4.74 Å². The molecule has 1 aromatic heterocycles. The lowest BCUT2D eigenvalue weighted by atomic mass is 10.4. The Hall–Kier alpha value is -0.950. The van der Waals surface area contributed by atoms with Crippen LogP contribution < -0.4 is 0 Å². The monoisotopic (exact) mass is 249 g/mol. The van der Waals surface area contributed by atoms with E-state index < -0.39 is 15.8 Å². The predicted octanol–water partition coefficient (Wildman–Crippen LogP) is 0.571. The summed E-state index contributed by atoms with van der Waals surface area (Å²) < 4.78 is 27.2. The molecule has 0 radical (unpaired) electrons. The van der Waals surface area contributed by atoms with Gasteiger partial charge in [-0.15, -0.1) is 11.3 Å². The number of thiazole rings is 1. The van der Waals surface area contributed by atoms with Crippen LogP contribution in [0, 0.1) is 6.92 Å². The SMILES string of the molecule is COC(=O)Cc1nc(C)c(S(C)(=O)=O)s1. The highest BCUT2D eigenvalue weighted by Gasteiger charge is 2.18. The molecule has 0 aromatic carbocycles. The van der Waals surface area contributed by atoms with Crippen LogP contribution in [0.15, 0.2) is 4.21 Å². The largest absolute Gasteiger partial charge is 0.469 e. The second kappa shape index (κ2) is 4.28. The number of carbonyl (C=O) groups is 1. The molecule has 0 aliphatic rings. The first-order chi connectivity index (χ1) is 6.84. The van der Waals surface area contributed by atoms with Gasteiger partial charge in [-0.25, -0.2) is 13.4 Å². The lowest BCUT2D eigenvalue weighted by Gasteiger charge is -1.93. The number of methoxy groups -OCH3 is 1. The van der Waals surface area contributed by atoms with Crippen LogP contribution in [0.25, 0.3) is 0 Å². The normalized spacial score (nSPS) is 11.4. The van der Waals surface area contributed by atoms with Crippen LogP contribution in [0.3, 0.4) is 0 Å². The summed E-state index contributed by atoms with van der Waals surface area (Å²) in [5, 5.41) is 0.458. The highest BCUT2D eigenvalue weighted by molar-refractivity contribution is 7.92. The van der Waals surface area contributed by atoms with Crippen molar-refractivity contribution in [1.29, 1.82) is 0 Å². The van der Waals surface area contributed by atoms with Crippen molar-refractivity contribution in [2.24, 2.45) is 0 Å². The summed E-state index contributed by atoms with van der Waals surface area (Å²) >= 11 is 1.01. The predicted molar refractivity (Wildman–Crippen MR) is 55.7 cm³/mol. The number of hydrogen-bond acceptors (Lipinski definition) is 6. The molecule has 0 atom stereocenters. The van der Waals surface area contributed by atoms with E-state index in [0.29, 0.717) is 10.7 Å². The van der Waals surface area contributed by atoms with Crippen molar-refractivity contribution < 1.29 is 17.9 Å². The molecule has 84 valence electrons. The Morgan fingerprint density at radius 2 is 2.13 bits per heavy atom. The number of aryl methyl sites for hydroxylation is 1. The topological polar surface area (TPSA) is 73.3 Å². The first-order valence-electron chi connectivity index (χ1n) is 4.07. The number of aromatic nitrogens is 1. The van der Waals surface area contributed by atoms with Gasteiger partial charge in [0.15, 0.2) is 9.84 Å². The fourth-order valence-electron chi connectivity index (χ4n) is 1.05. The average Bonchev–Trinajstić information content (AvgIpc) is 2.45. The Morgan fingerprint density at radius 3 is 2.53 bits per heavy atom. The van der Waals surface area contributed by atoms with Gasteiger partial charge >= 0.3 is 5.97 Å². The molecule has 0 spiro atoms. The lowest BCUT2D eigenvalue weighted by Crippen LogP contribution is -2.03. The molecule has 1 heterocycles. The number of nitrogens with zero attached hydrogens (tertiary/aromatic N) is 1. The molecule has 7 heteroatoms. The van der Waals surface area contributed by atoms with Crippen molar-refractivity contribution in [1.82, 2.24) is 4.98 Å². The zero-order chi connectivity index (χ0) is 11.6. The molecule has 0 fully saturated rings. The third kappa shape index (κ3) is 3.00. The number of carbonyl (C=O) groups excluding carboxylic acids is 1. The van der Waals surface area contributed by atoms with Crippen molar-refractivity contribution in [3.63, 3.8) is 0 Å². The van der Waals surface area contributed by atoms with Crippen LogP contribution in [0.1, 0.15) is 10.7 Å².